The van der Waals surface area contributed by atoms with E-state index in [-0.39, 0.29) is 5.76 Å². The zero-order valence-electron chi connectivity index (χ0n) is 12.4. The van der Waals surface area contributed by atoms with E-state index in [4.69, 9.17) is 4.42 Å². The Kier molecular flexibility index (Phi) is 3.20. The molecule has 1 unspecified atom stereocenters. The molecule has 6 heteroatoms. The topological polar surface area (TPSA) is 70.8 Å². The van der Waals surface area contributed by atoms with Crippen molar-refractivity contribution in [3.8, 4) is 0 Å². The van der Waals surface area contributed by atoms with Crippen molar-refractivity contribution in [2.75, 3.05) is 6.54 Å². The summed E-state index contributed by atoms with van der Waals surface area (Å²) < 4.78 is 18.9. The molecule has 0 radical (unpaired) electrons. The molecule has 3 rings (SSSR count). The molecule has 1 aliphatic heterocycles. The van der Waals surface area contributed by atoms with Crippen molar-refractivity contribution in [1.82, 2.24) is 4.90 Å². The quantitative estimate of drug-likeness (QED) is 0.926. The Hall–Kier alpha value is -2.37. The van der Waals surface area contributed by atoms with Crippen LogP contribution in [0, 0.1) is 12.7 Å². The standard InChI is InChI=1S/C16H16FNO4/c1-9-11-8-10(17)4-5-12(11)22-13(9)14(19)18-7-3-6-16(18,2)15(20)21/h4-5,8H,3,6-7H2,1-2H3,(H,20,21). The summed E-state index contributed by atoms with van der Waals surface area (Å²) in [5.74, 6) is -1.82. The molecule has 0 saturated carbocycles. The van der Waals surface area contributed by atoms with Gasteiger partial charge in [-0.1, -0.05) is 0 Å². The molecule has 0 aliphatic carbocycles. The van der Waals surface area contributed by atoms with Gasteiger partial charge in [-0.3, -0.25) is 4.79 Å². The fourth-order valence-corrected chi connectivity index (χ4v) is 3.03. The first-order chi connectivity index (χ1) is 10.3. The van der Waals surface area contributed by atoms with E-state index in [1.165, 1.54) is 30.0 Å². The van der Waals surface area contributed by atoms with Crippen molar-refractivity contribution in [3.05, 3.63) is 35.3 Å². The lowest BCUT2D eigenvalue weighted by atomic mass is 9.99. The Labute approximate surface area is 126 Å². The summed E-state index contributed by atoms with van der Waals surface area (Å²) >= 11 is 0. The highest BCUT2D eigenvalue weighted by molar-refractivity contribution is 6.01. The van der Waals surface area contributed by atoms with Gasteiger partial charge < -0.3 is 14.4 Å². The number of likely N-dealkylation sites (tertiary alicyclic amines) is 1. The lowest BCUT2D eigenvalue weighted by molar-refractivity contribution is -0.147. The molecule has 0 bridgehead atoms. The number of aliphatic carboxylic acids is 1. The van der Waals surface area contributed by atoms with Gasteiger partial charge in [0.05, 0.1) is 0 Å². The number of benzene rings is 1. The highest BCUT2D eigenvalue weighted by Crippen LogP contribution is 2.33. The van der Waals surface area contributed by atoms with Gasteiger partial charge in [0, 0.05) is 17.5 Å². The SMILES string of the molecule is Cc1c(C(=O)N2CCCC2(C)C(=O)O)oc2ccc(F)cc12. The molecule has 1 aromatic heterocycles. The summed E-state index contributed by atoms with van der Waals surface area (Å²) in [5.41, 5.74) is -0.286. The Morgan fingerprint density at radius 1 is 1.41 bits per heavy atom. The highest BCUT2D eigenvalue weighted by Gasteiger charge is 2.47. The number of carboxylic acid groups (broad SMARTS) is 1. The van der Waals surface area contributed by atoms with Crippen LogP contribution in [0.2, 0.25) is 0 Å². The average molecular weight is 305 g/mol. The Morgan fingerprint density at radius 3 is 2.82 bits per heavy atom. The molecule has 2 heterocycles. The van der Waals surface area contributed by atoms with Gasteiger partial charge in [0.1, 0.15) is 16.9 Å². The zero-order chi connectivity index (χ0) is 16.1. The second-order valence-electron chi connectivity index (χ2n) is 5.84. The van der Waals surface area contributed by atoms with E-state index in [1.54, 1.807) is 6.92 Å². The van der Waals surface area contributed by atoms with Crippen molar-refractivity contribution in [2.45, 2.75) is 32.2 Å². The van der Waals surface area contributed by atoms with Gasteiger partial charge in [0.2, 0.25) is 0 Å². The summed E-state index contributed by atoms with van der Waals surface area (Å²) in [6, 6.07) is 4.04. The van der Waals surface area contributed by atoms with Crippen molar-refractivity contribution in [2.24, 2.45) is 0 Å². The fourth-order valence-electron chi connectivity index (χ4n) is 3.03. The van der Waals surface area contributed by atoms with Crippen LogP contribution in [-0.4, -0.2) is 34.0 Å². The first-order valence-corrected chi connectivity index (χ1v) is 7.08. The molecule has 1 amide bonds. The van der Waals surface area contributed by atoms with Crippen molar-refractivity contribution in [1.29, 1.82) is 0 Å². The van der Waals surface area contributed by atoms with Gasteiger partial charge >= 0.3 is 5.97 Å². The molecule has 1 aliphatic rings. The summed E-state index contributed by atoms with van der Waals surface area (Å²) in [6.45, 7) is 3.58. The van der Waals surface area contributed by atoms with E-state index in [9.17, 15) is 19.1 Å². The van der Waals surface area contributed by atoms with Crippen LogP contribution in [0.25, 0.3) is 11.0 Å². The predicted molar refractivity (Wildman–Crippen MR) is 77.2 cm³/mol. The molecule has 0 spiro atoms. The Morgan fingerprint density at radius 2 is 2.14 bits per heavy atom. The van der Waals surface area contributed by atoms with E-state index in [0.717, 1.165) is 0 Å². The number of carbonyl (C=O) groups excluding carboxylic acids is 1. The number of halogens is 1. The summed E-state index contributed by atoms with van der Waals surface area (Å²) in [5, 5.41) is 9.94. The number of amides is 1. The van der Waals surface area contributed by atoms with Crippen molar-refractivity contribution < 1.29 is 23.5 Å². The molecule has 1 N–H and O–H groups in total. The molecular formula is C16H16FNO4. The third-order valence-electron chi connectivity index (χ3n) is 4.44. The number of fused-ring (bicyclic) bond motifs is 1. The largest absolute Gasteiger partial charge is 0.480 e. The van der Waals surface area contributed by atoms with Crippen LogP contribution in [0.5, 0.6) is 0 Å². The maximum Gasteiger partial charge on any atom is 0.329 e. The normalized spacial score (nSPS) is 21.5. The van der Waals surface area contributed by atoms with E-state index in [1.807, 2.05) is 0 Å². The smallest absolute Gasteiger partial charge is 0.329 e. The van der Waals surface area contributed by atoms with Crippen LogP contribution >= 0.6 is 0 Å². The number of carboxylic acids is 1. The maximum atomic E-state index is 13.3. The Bertz CT molecular complexity index is 782. The third-order valence-corrected chi connectivity index (χ3v) is 4.44. The number of hydrogen-bond donors (Lipinski definition) is 1. The van der Waals surface area contributed by atoms with E-state index in [0.29, 0.717) is 35.9 Å². The first kappa shape index (κ1) is 14.6. The molecule has 1 saturated heterocycles. The van der Waals surface area contributed by atoms with Crippen molar-refractivity contribution in [3.63, 3.8) is 0 Å². The molecular weight excluding hydrogens is 289 g/mol. The molecule has 1 atom stereocenters. The second kappa shape index (κ2) is 4.83. The van der Waals surface area contributed by atoms with E-state index >= 15 is 0 Å². The maximum absolute atomic E-state index is 13.3. The summed E-state index contributed by atoms with van der Waals surface area (Å²) in [6.07, 6.45) is 1.03. The van der Waals surface area contributed by atoms with E-state index < -0.39 is 23.2 Å². The van der Waals surface area contributed by atoms with E-state index in [2.05, 4.69) is 0 Å². The van der Waals surface area contributed by atoms with Crippen LogP contribution in [0.1, 0.15) is 35.9 Å². The van der Waals surface area contributed by atoms with Gasteiger partial charge in [-0.15, -0.1) is 0 Å². The summed E-state index contributed by atoms with van der Waals surface area (Å²) in [7, 11) is 0. The third kappa shape index (κ3) is 1.98. The molecule has 116 valence electrons. The minimum atomic E-state index is -1.23. The predicted octanol–water partition coefficient (Wildman–Crippen LogP) is 2.96. The molecule has 1 fully saturated rings. The number of carbonyl (C=O) groups is 2. The number of furan rings is 1. The zero-order valence-corrected chi connectivity index (χ0v) is 12.4. The van der Waals surface area contributed by atoms with Crippen LogP contribution in [0.15, 0.2) is 22.6 Å². The van der Waals surface area contributed by atoms with Crippen LogP contribution in [0.4, 0.5) is 4.39 Å². The van der Waals surface area contributed by atoms with Gasteiger partial charge in [-0.05, 0) is 44.9 Å². The highest BCUT2D eigenvalue weighted by atomic mass is 19.1. The van der Waals surface area contributed by atoms with Crippen LogP contribution in [0.3, 0.4) is 0 Å². The minimum Gasteiger partial charge on any atom is -0.480 e. The van der Waals surface area contributed by atoms with Crippen molar-refractivity contribution >= 4 is 22.8 Å². The minimum absolute atomic E-state index is 0.0787. The lowest BCUT2D eigenvalue weighted by Gasteiger charge is -2.30. The molecule has 2 aromatic rings. The number of nitrogens with zero attached hydrogens (tertiary/aromatic N) is 1. The van der Waals surface area contributed by atoms with Gasteiger partial charge in [-0.2, -0.15) is 0 Å². The van der Waals surface area contributed by atoms with Crippen LogP contribution < -0.4 is 0 Å². The molecule has 1 aromatic carbocycles. The number of aryl methyl sites for hydroxylation is 1. The molecule has 5 nitrogen and oxygen atoms in total. The first-order valence-electron chi connectivity index (χ1n) is 7.08. The van der Waals surface area contributed by atoms with Crippen LogP contribution in [-0.2, 0) is 4.79 Å². The van der Waals surface area contributed by atoms with Gasteiger partial charge in [0.15, 0.2) is 5.76 Å². The molecule has 22 heavy (non-hydrogen) atoms. The van der Waals surface area contributed by atoms with Gasteiger partial charge in [0.25, 0.3) is 5.91 Å². The monoisotopic (exact) mass is 305 g/mol. The summed E-state index contributed by atoms with van der Waals surface area (Å²) in [4.78, 5) is 25.5. The van der Waals surface area contributed by atoms with Gasteiger partial charge in [-0.25, -0.2) is 9.18 Å². The second-order valence-corrected chi connectivity index (χ2v) is 5.84. The average Bonchev–Trinajstić information content (AvgIpc) is 3.01. The Balaban J connectivity index is 2.06. The lowest BCUT2D eigenvalue weighted by Crippen LogP contribution is -2.50. The number of hydrogen-bond acceptors (Lipinski definition) is 3. The number of rotatable bonds is 2. The fraction of sp³-hybridized carbons (Fsp3) is 0.375.